The number of nitrogens with zero attached hydrogens (tertiary/aromatic N) is 3. The normalized spacial score (nSPS) is 10.9. The van der Waals surface area contributed by atoms with Crippen LogP contribution in [0.3, 0.4) is 0 Å². The van der Waals surface area contributed by atoms with Crippen LogP contribution in [0.15, 0.2) is 53.7 Å². The molecule has 3 rings (SSSR count). The van der Waals surface area contributed by atoms with Gasteiger partial charge in [0.1, 0.15) is 5.82 Å². The molecule has 0 spiro atoms. The van der Waals surface area contributed by atoms with Crippen molar-refractivity contribution in [2.75, 3.05) is 5.75 Å². The van der Waals surface area contributed by atoms with Crippen LogP contribution in [-0.2, 0) is 16.3 Å². The van der Waals surface area contributed by atoms with Crippen LogP contribution in [0.5, 0.6) is 0 Å². The number of amides is 1. The van der Waals surface area contributed by atoms with Gasteiger partial charge in [-0.1, -0.05) is 65.3 Å². The van der Waals surface area contributed by atoms with Crippen LogP contribution in [0.25, 0.3) is 5.69 Å². The first-order valence-electron chi connectivity index (χ1n) is 7.97. The van der Waals surface area contributed by atoms with Gasteiger partial charge in [-0.05, 0) is 23.8 Å². The fourth-order valence-corrected chi connectivity index (χ4v) is 4.24. The first-order chi connectivity index (χ1) is 13.0. The molecule has 1 amide bonds. The second-order valence-corrected chi connectivity index (χ2v) is 8.31. The number of carbonyl (C=O) groups is 1. The smallest absolute Gasteiger partial charge is 0.227 e. The van der Waals surface area contributed by atoms with Crippen molar-refractivity contribution in [1.82, 2.24) is 14.8 Å². The molecule has 27 heavy (non-hydrogen) atoms. The molecule has 0 atom stereocenters. The molecular weight excluding hydrogens is 423 g/mol. The van der Waals surface area contributed by atoms with Crippen LogP contribution in [0.1, 0.15) is 11.4 Å². The molecule has 0 fully saturated rings. The van der Waals surface area contributed by atoms with Crippen molar-refractivity contribution in [3.05, 3.63) is 70.0 Å². The van der Waals surface area contributed by atoms with Crippen molar-refractivity contribution in [2.45, 2.75) is 16.7 Å². The summed E-state index contributed by atoms with van der Waals surface area (Å²) in [5.41, 5.74) is 7.30. The summed E-state index contributed by atoms with van der Waals surface area (Å²) in [4.78, 5) is 11.2. The molecular formula is C18H16Cl2N4OS2. The zero-order chi connectivity index (χ0) is 19.2. The fourth-order valence-electron chi connectivity index (χ4n) is 2.34. The lowest BCUT2D eigenvalue weighted by atomic mass is 10.2. The van der Waals surface area contributed by atoms with Gasteiger partial charge >= 0.3 is 0 Å². The van der Waals surface area contributed by atoms with Gasteiger partial charge in [0, 0.05) is 5.75 Å². The maximum atomic E-state index is 11.2. The first kappa shape index (κ1) is 20.1. The number of benzene rings is 2. The third-order valence-electron chi connectivity index (χ3n) is 3.55. The van der Waals surface area contributed by atoms with Gasteiger partial charge in [0.05, 0.1) is 27.2 Å². The highest BCUT2D eigenvalue weighted by Gasteiger charge is 2.16. The van der Waals surface area contributed by atoms with Crippen molar-refractivity contribution < 1.29 is 4.79 Å². The van der Waals surface area contributed by atoms with Gasteiger partial charge in [0.25, 0.3) is 0 Å². The minimum absolute atomic E-state index is 0.122. The van der Waals surface area contributed by atoms with Crippen LogP contribution < -0.4 is 5.73 Å². The second kappa shape index (κ2) is 9.50. The molecule has 0 saturated carbocycles. The molecule has 3 aromatic rings. The van der Waals surface area contributed by atoms with Crippen LogP contribution in [-0.4, -0.2) is 26.4 Å². The zero-order valence-electron chi connectivity index (χ0n) is 14.1. The number of primary amides is 1. The molecule has 0 aliphatic heterocycles. The van der Waals surface area contributed by atoms with E-state index in [-0.39, 0.29) is 5.75 Å². The molecule has 0 saturated heterocycles. The molecule has 2 aromatic carbocycles. The number of hydrogen-bond acceptors (Lipinski definition) is 5. The summed E-state index contributed by atoms with van der Waals surface area (Å²) in [5, 5.41) is 10.0. The average Bonchev–Trinajstić information content (AvgIpc) is 3.06. The zero-order valence-corrected chi connectivity index (χ0v) is 17.3. The SMILES string of the molecule is NC(=O)CSc1nnc(CSCc2ccccc2)n1-c1ccc(Cl)c(Cl)c1. The Morgan fingerprint density at radius 2 is 1.81 bits per heavy atom. The number of rotatable bonds is 8. The van der Waals surface area contributed by atoms with E-state index in [1.165, 1.54) is 17.3 Å². The Morgan fingerprint density at radius 3 is 2.52 bits per heavy atom. The summed E-state index contributed by atoms with van der Waals surface area (Å²) in [7, 11) is 0. The number of carbonyl (C=O) groups excluding carboxylic acids is 1. The molecule has 0 unspecified atom stereocenters. The van der Waals surface area contributed by atoms with Crippen LogP contribution in [0, 0.1) is 0 Å². The minimum Gasteiger partial charge on any atom is -0.369 e. The second-order valence-electron chi connectivity index (χ2n) is 5.57. The Morgan fingerprint density at radius 1 is 1.04 bits per heavy atom. The average molecular weight is 439 g/mol. The van der Waals surface area contributed by atoms with E-state index in [9.17, 15) is 4.79 Å². The topological polar surface area (TPSA) is 73.8 Å². The molecule has 5 nitrogen and oxygen atoms in total. The molecule has 0 radical (unpaired) electrons. The fraction of sp³-hybridized carbons (Fsp3) is 0.167. The maximum Gasteiger partial charge on any atom is 0.227 e. The number of hydrogen-bond donors (Lipinski definition) is 1. The largest absolute Gasteiger partial charge is 0.369 e. The molecule has 0 bridgehead atoms. The van der Waals surface area contributed by atoms with Gasteiger partial charge in [-0.15, -0.1) is 22.0 Å². The summed E-state index contributed by atoms with van der Waals surface area (Å²) in [6, 6.07) is 15.5. The molecule has 1 heterocycles. The Bertz CT molecular complexity index is 934. The number of aromatic nitrogens is 3. The van der Waals surface area contributed by atoms with Crippen LogP contribution in [0.4, 0.5) is 0 Å². The molecule has 0 aliphatic carbocycles. The Balaban J connectivity index is 1.83. The van der Waals surface area contributed by atoms with Gasteiger partial charge in [-0.25, -0.2) is 0 Å². The predicted octanol–water partition coefficient (Wildman–Crippen LogP) is 4.58. The Hall–Kier alpha value is -1.67. The van der Waals surface area contributed by atoms with E-state index in [2.05, 4.69) is 22.3 Å². The monoisotopic (exact) mass is 438 g/mol. The molecule has 9 heteroatoms. The molecule has 140 valence electrons. The number of halogens is 2. The quantitative estimate of drug-likeness (QED) is 0.520. The van der Waals surface area contributed by atoms with Gasteiger partial charge in [0.15, 0.2) is 5.16 Å². The summed E-state index contributed by atoms with van der Waals surface area (Å²) in [6.07, 6.45) is 0. The van der Waals surface area contributed by atoms with E-state index in [4.69, 9.17) is 28.9 Å². The Kier molecular flexibility index (Phi) is 7.07. The lowest BCUT2D eigenvalue weighted by molar-refractivity contribution is -0.115. The summed E-state index contributed by atoms with van der Waals surface area (Å²) >= 11 is 15.2. The third kappa shape index (κ3) is 5.42. The van der Waals surface area contributed by atoms with Crippen molar-refractivity contribution in [1.29, 1.82) is 0 Å². The van der Waals surface area contributed by atoms with Crippen LogP contribution >= 0.6 is 46.7 Å². The highest BCUT2D eigenvalue weighted by atomic mass is 35.5. The van der Waals surface area contributed by atoms with E-state index in [1.54, 1.807) is 23.9 Å². The van der Waals surface area contributed by atoms with Gasteiger partial charge in [-0.2, -0.15) is 0 Å². The van der Waals surface area contributed by atoms with E-state index in [1.807, 2.05) is 28.8 Å². The lowest BCUT2D eigenvalue weighted by Crippen LogP contribution is -2.14. The van der Waals surface area contributed by atoms with E-state index in [0.29, 0.717) is 21.0 Å². The minimum atomic E-state index is -0.413. The summed E-state index contributed by atoms with van der Waals surface area (Å²) in [5.74, 6) is 1.99. The summed E-state index contributed by atoms with van der Waals surface area (Å²) < 4.78 is 1.88. The first-order valence-corrected chi connectivity index (χ1v) is 10.9. The van der Waals surface area contributed by atoms with Crippen molar-refractivity contribution in [3.63, 3.8) is 0 Å². The predicted molar refractivity (Wildman–Crippen MR) is 113 cm³/mol. The standard InChI is InChI=1S/C18H16Cl2N4OS2/c19-14-7-6-13(8-15(14)20)24-17(22-23-18(24)27-10-16(21)25)11-26-9-12-4-2-1-3-5-12/h1-8H,9-11H2,(H2,21,25). The number of thioether (sulfide) groups is 2. The summed E-state index contributed by atoms with van der Waals surface area (Å²) in [6.45, 7) is 0. The van der Waals surface area contributed by atoms with E-state index in [0.717, 1.165) is 17.3 Å². The van der Waals surface area contributed by atoms with Crippen molar-refractivity contribution in [2.24, 2.45) is 5.73 Å². The molecule has 1 aromatic heterocycles. The van der Waals surface area contributed by atoms with Gasteiger partial charge in [-0.3, -0.25) is 9.36 Å². The maximum absolute atomic E-state index is 11.2. The van der Waals surface area contributed by atoms with Crippen LogP contribution in [0.2, 0.25) is 10.0 Å². The molecule has 2 N–H and O–H groups in total. The molecule has 0 aliphatic rings. The number of nitrogens with two attached hydrogens (primary N) is 1. The van der Waals surface area contributed by atoms with E-state index >= 15 is 0 Å². The van der Waals surface area contributed by atoms with Gasteiger partial charge < -0.3 is 5.73 Å². The highest BCUT2D eigenvalue weighted by molar-refractivity contribution is 7.99. The van der Waals surface area contributed by atoms with Crippen molar-refractivity contribution in [3.8, 4) is 5.69 Å². The Labute approximate surface area is 175 Å². The van der Waals surface area contributed by atoms with Crippen molar-refractivity contribution >= 4 is 52.6 Å². The highest BCUT2D eigenvalue weighted by Crippen LogP contribution is 2.29. The van der Waals surface area contributed by atoms with Gasteiger partial charge in [0.2, 0.25) is 5.91 Å². The lowest BCUT2D eigenvalue weighted by Gasteiger charge is -2.11. The third-order valence-corrected chi connectivity index (χ3v) is 6.24. The van der Waals surface area contributed by atoms with E-state index < -0.39 is 5.91 Å².